The Morgan fingerprint density at radius 2 is 1.91 bits per heavy atom. The van der Waals surface area contributed by atoms with Crippen LogP contribution in [0.25, 0.3) is 16.3 Å². The second kappa shape index (κ2) is 4.86. The standard InChI is InChI=1S/C18H12N2O2S/c19-13-8-10-2-1-3-12-14(10)16(18(22)20-17(12)21)15(13)9-4-6-11(23)7-5-9/h1-6,8H,7,19H2,(H,20,21,22). The zero-order valence-corrected chi connectivity index (χ0v) is 12.9. The predicted octanol–water partition coefficient (Wildman–Crippen LogP) is 3.02. The third-order valence-corrected chi connectivity index (χ3v) is 4.46. The molecule has 3 N–H and O–H groups in total. The molecule has 0 saturated carbocycles. The van der Waals surface area contributed by atoms with Crippen LogP contribution in [0.3, 0.4) is 0 Å². The van der Waals surface area contributed by atoms with E-state index in [2.05, 4.69) is 5.32 Å². The molecule has 1 heterocycles. The van der Waals surface area contributed by atoms with Gasteiger partial charge in [0.15, 0.2) is 0 Å². The fourth-order valence-electron chi connectivity index (χ4n) is 3.15. The number of amides is 2. The highest BCUT2D eigenvalue weighted by atomic mass is 32.1. The quantitative estimate of drug-likeness (QED) is 0.481. The van der Waals surface area contributed by atoms with Gasteiger partial charge in [-0.15, -0.1) is 0 Å². The Balaban J connectivity index is 2.11. The molecule has 4 nitrogen and oxygen atoms in total. The van der Waals surface area contributed by atoms with Crippen molar-refractivity contribution in [3.63, 3.8) is 0 Å². The molecule has 0 spiro atoms. The first-order valence-electron chi connectivity index (χ1n) is 7.18. The number of carbonyl (C=O) groups excluding carboxylic acids is 2. The Labute approximate surface area is 137 Å². The highest BCUT2D eigenvalue weighted by molar-refractivity contribution is 7.80. The number of thiocarbonyl (C=S) groups is 1. The van der Waals surface area contributed by atoms with Gasteiger partial charge in [-0.1, -0.05) is 36.5 Å². The van der Waals surface area contributed by atoms with Crippen molar-refractivity contribution in [2.75, 3.05) is 5.73 Å². The Kier molecular flexibility index (Phi) is 2.92. The van der Waals surface area contributed by atoms with Crippen molar-refractivity contribution in [1.82, 2.24) is 5.32 Å². The summed E-state index contributed by atoms with van der Waals surface area (Å²) in [6.45, 7) is 0. The Bertz CT molecular complexity index is 986. The summed E-state index contributed by atoms with van der Waals surface area (Å²) in [4.78, 5) is 25.4. The number of allylic oxidation sites excluding steroid dienone is 4. The molecule has 5 heteroatoms. The summed E-state index contributed by atoms with van der Waals surface area (Å²) in [6, 6.07) is 7.17. The lowest BCUT2D eigenvalue weighted by atomic mass is 9.86. The highest BCUT2D eigenvalue weighted by Gasteiger charge is 2.29. The maximum absolute atomic E-state index is 12.5. The van der Waals surface area contributed by atoms with E-state index in [0.717, 1.165) is 15.8 Å². The van der Waals surface area contributed by atoms with Crippen molar-refractivity contribution in [3.8, 4) is 0 Å². The SMILES string of the molecule is Nc1cc2cccc3c2c(c1C1=CCC(=S)C=C1)C(=O)NC3=O. The van der Waals surface area contributed by atoms with Gasteiger partial charge >= 0.3 is 0 Å². The first kappa shape index (κ1) is 13.8. The van der Waals surface area contributed by atoms with Crippen LogP contribution in [0.1, 0.15) is 32.7 Å². The van der Waals surface area contributed by atoms with Gasteiger partial charge in [-0.3, -0.25) is 14.9 Å². The first-order chi connectivity index (χ1) is 11.1. The molecule has 2 amide bonds. The van der Waals surface area contributed by atoms with E-state index < -0.39 is 5.91 Å². The van der Waals surface area contributed by atoms with Crippen LogP contribution in [0, 0.1) is 0 Å². The van der Waals surface area contributed by atoms with E-state index in [4.69, 9.17) is 18.0 Å². The van der Waals surface area contributed by atoms with Gasteiger partial charge in [0.25, 0.3) is 11.8 Å². The molecule has 1 aliphatic heterocycles. The van der Waals surface area contributed by atoms with Gasteiger partial charge in [0, 0.05) is 33.5 Å². The smallest absolute Gasteiger partial charge is 0.259 e. The minimum atomic E-state index is -0.413. The zero-order valence-electron chi connectivity index (χ0n) is 12.1. The van der Waals surface area contributed by atoms with E-state index in [0.29, 0.717) is 34.2 Å². The highest BCUT2D eigenvalue weighted by Crippen LogP contribution is 2.37. The Hall–Kier alpha value is -2.79. The van der Waals surface area contributed by atoms with E-state index in [9.17, 15) is 9.59 Å². The number of nitrogens with two attached hydrogens (primary N) is 1. The average molecular weight is 320 g/mol. The largest absolute Gasteiger partial charge is 0.398 e. The van der Waals surface area contributed by atoms with Gasteiger partial charge in [-0.25, -0.2) is 0 Å². The predicted molar refractivity (Wildman–Crippen MR) is 94.5 cm³/mol. The molecule has 0 radical (unpaired) electrons. The molecule has 0 bridgehead atoms. The summed E-state index contributed by atoms with van der Waals surface area (Å²) in [7, 11) is 0. The second-order valence-corrected chi connectivity index (χ2v) is 6.09. The molecule has 0 atom stereocenters. The maximum atomic E-state index is 12.5. The van der Waals surface area contributed by atoms with Crippen LogP contribution in [-0.2, 0) is 0 Å². The Morgan fingerprint density at radius 3 is 2.65 bits per heavy atom. The molecule has 0 saturated heterocycles. The van der Waals surface area contributed by atoms with Gasteiger partial charge in [0.05, 0.1) is 5.56 Å². The number of anilines is 1. The van der Waals surface area contributed by atoms with Crippen molar-refractivity contribution in [2.45, 2.75) is 6.42 Å². The molecular weight excluding hydrogens is 308 g/mol. The molecule has 112 valence electrons. The van der Waals surface area contributed by atoms with Gasteiger partial charge in [-0.2, -0.15) is 0 Å². The van der Waals surface area contributed by atoms with Crippen LogP contribution in [0.15, 0.2) is 42.5 Å². The topological polar surface area (TPSA) is 72.2 Å². The average Bonchev–Trinajstić information content (AvgIpc) is 2.53. The van der Waals surface area contributed by atoms with Crippen molar-refractivity contribution < 1.29 is 9.59 Å². The van der Waals surface area contributed by atoms with Crippen LogP contribution in [0.4, 0.5) is 5.69 Å². The van der Waals surface area contributed by atoms with Crippen LogP contribution in [-0.4, -0.2) is 16.7 Å². The summed E-state index contributed by atoms with van der Waals surface area (Å²) in [5, 5.41) is 3.85. The summed E-state index contributed by atoms with van der Waals surface area (Å²) >= 11 is 5.16. The maximum Gasteiger partial charge on any atom is 0.259 e. The lowest BCUT2D eigenvalue weighted by molar-refractivity contribution is 0.0845. The molecule has 0 unspecified atom stereocenters. The van der Waals surface area contributed by atoms with Crippen molar-refractivity contribution >= 4 is 50.9 Å². The van der Waals surface area contributed by atoms with E-state index in [1.54, 1.807) is 12.1 Å². The number of imide groups is 1. The van der Waals surface area contributed by atoms with E-state index in [-0.39, 0.29) is 5.91 Å². The zero-order chi connectivity index (χ0) is 16.1. The van der Waals surface area contributed by atoms with Crippen LogP contribution < -0.4 is 11.1 Å². The molecule has 1 aliphatic carbocycles. The first-order valence-corrected chi connectivity index (χ1v) is 7.59. The van der Waals surface area contributed by atoms with E-state index >= 15 is 0 Å². The fourth-order valence-corrected chi connectivity index (χ4v) is 3.30. The van der Waals surface area contributed by atoms with Gasteiger partial charge < -0.3 is 5.73 Å². The summed E-state index contributed by atoms with van der Waals surface area (Å²) in [6.07, 6.45) is 6.31. The minimum Gasteiger partial charge on any atom is -0.398 e. The van der Waals surface area contributed by atoms with Crippen LogP contribution in [0.2, 0.25) is 0 Å². The van der Waals surface area contributed by atoms with Crippen molar-refractivity contribution in [3.05, 3.63) is 59.2 Å². The molecule has 23 heavy (non-hydrogen) atoms. The molecule has 0 aromatic heterocycles. The molecular formula is C18H12N2O2S. The molecule has 0 fully saturated rings. The number of nitrogens with one attached hydrogen (secondary N) is 1. The molecule has 2 aromatic rings. The summed E-state index contributed by atoms with van der Waals surface area (Å²) < 4.78 is 0. The van der Waals surface area contributed by atoms with Crippen LogP contribution >= 0.6 is 12.2 Å². The van der Waals surface area contributed by atoms with E-state index in [1.165, 1.54) is 0 Å². The van der Waals surface area contributed by atoms with Gasteiger partial charge in [-0.05, 0) is 29.2 Å². The summed E-state index contributed by atoms with van der Waals surface area (Å²) in [5.74, 6) is -0.790. The minimum absolute atomic E-state index is 0.377. The monoisotopic (exact) mass is 320 g/mol. The number of hydrogen-bond acceptors (Lipinski definition) is 4. The van der Waals surface area contributed by atoms with Crippen LogP contribution in [0.5, 0.6) is 0 Å². The number of rotatable bonds is 1. The third kappa shape index (κ3) is 2.01. The fraction of sp³-hybridized carbons (Fsp3) is 0.0556. The number of nitrogen functional groups attached to an aromatic ring is 1. The summed E-state index contributed by atoms with van der Waals surface area (Å²) in [5.41, 5.74) is 9.21. The lowest BCUT2D eigenvalue weighted by Crippen LogP contribution is -2.35. The second-order valence-electron chi connectivity index (χ2n) is 5.57. The number of hydrogen-bond donors (Lipinski definition) is 2. The Morgan fingerprint density at radius 1 is 1.09 bits per heavy atom. The molecule has 4 rings (SSSR count). The third-order valence-electron chi connectivity index (χ3n) is 4.16. The van der Waals surface area contributed by atoms with Crippen molar-refractivity contribution in [2.24, 2.45) is 0 Å². The van der Waals surface area contributed by atoms with E-state index in [1.807, 2.05) is 30.4 Å². The molecule has 2 aromatic carbocycles. The van der Waals surface area contributed by atoms with Gasteiger partial charge in [0.2, 0.25) is 0 Å². The normalized spacial score (nSPS) is 16.5. The lowest BCUT2D eigenvalue weighted by Gasteiger charge is -2.22. The van der Waals surface area contributed by atoms with Gasteiger partial charge in [0.1, 0.15) is 0 Å². The molecule has 2 aliphatic rings. The number of benzene rings is 2. The number of carbonyl (C=O) groups is 2. The van der Waals surface area contributed by atoms with Crippen molar-refractivity contribution in [1.29, 1.82) is 0 Å².